The van der Waals surface area contributed by atoms with Gasteiger partial charge in [-0.25, -0.2) is 0 Å². The van der Waals surface area contributed by atoms with E-state index in [9.17, 15) is 4.79 Å². The van der Waals surface area contributed by atoms with Gasteiger partial charge < -0.3 is 5.32 Å². The molecule has 0 bridgehead atoms. The molecule has 1 aliphatic rings. The number of unbranched alkanes of at least 4 members (excludes halogenated alkanes) is 2. The summed E-state index contributed by atoms with van der Waals surface area (Å²) in [4.78, 5) is 17.5. The highest BCUT2D eigenvalue weighted by molar-refractivity contribution is 7.80. The number of aromatic nitrogens is 1. The number of amides is 1. The summed E-state index contributed by atoms with van der Waals surface area (Å²) < 4.78 is 0. The molecule has 1 heterocycles. The van der Waals surface area contributed by atoms with Crippen LogP contribution in [0, 0.1) is 5.92 Å². The monoisotopic (exact) mass is 398 g/mol. The number of carbonyl (C=O) groups excluding carboxylic acids is 1. The maximum Gasteiger partial charge on any atom is 0.270 e. The number of hydrogen-bond acceptors (Lipinski definition) is 3. The van der Waals surface area contributed by atoms with E-state index < -0.39 is 0 Å². The fourth-order valence-corrected chi connectivity index (χ4v) is 3.44. The van der Waals surface area contributed by atoms with E-state index in [-0.39, 0.29) is 5.91 Å². The van der Waals surface area contributed by atoms with E-state index in [2.05, 4.69) is 30.0 Å². The summed E-state index contributed by atoms with van der Waals surface area (Å²) in [6, 6.07) is 9.69. The molecule has 0 unspecified atom stereocenters. The molecule has 1 fully saturated rings. The van der Waals surface area contributed by atoms with Crippen molar-refractivity contribution in [2.75, 3.05) is 6.54 Å². The van der Waals surface area contributed by atoms with Gasteiger partial charge in [0, 0.05) is 23.5 Å². The summed E-state index contributed by atoms with van der Waals surface area (Å²) in [5.41, 5.74) is 8.07. The number of carbonyl (C=O) groups is 1. The lowest BCUT2D eigenvalue weighted by molar-refractivity contribution is 0.0945. The zero-order chi connectivity index (χ0) is 19.9. The first-order valence-electron chi connectivity index (χ1n) is 10.3. The van der Waals surface area contributed by atoms with Crippen LogP contribution in [0.5, 0.6) is 0 Å². The molecule has 6 heteroatoms. The maximum absolute atomic E-state index is 12.8. The molecule has 3 rings (SSSR count). The number of benzene rings is 1. The van der Waals surface area contributed by atoms with Gasteiger partial charge in [-0.15, -0.1) is 0 Å². The Morgan fingerprint density at radius 2 is 2.04 bits per heavy atom. The van der Waals surface area contributed by atoms with Gasteiger partial charge in [-0.1, -0.05) is 51.3 Å². The van der Waals surface area contributed by atoms with Crippen LogP contribution in [0.2, 0.25) is 0 Å². The summed E-state index contributed by atoms with van der Waals surface area (Å²) in [5, 5.41) is 4.48. The third kappa shape index (κ3) is 5.64. The first kappa shape index (κ1) is 20.5. The van der Waals surface area contributed by atoms with Crippen molar-refractivity contribution in [1.29, 1.82) is 0 Å². The summed E-state index contributed by atoms with van der Waals surface area (Å²) in [7, 11) is 0. The van der Waals surface area contributed by atoms with Crippen molar-refractivity contribution in [1.82, 2.24) is 21.2 Å². The molecule has 5 nitrogen and oxygen atoms in total. The second-order valence-electron chi connectivity index (χ2n) is 7.78. The van der Waals surface area contributed by atoms with Gasteiger partial charge in [-0.3, -0.25) is 20.6 Å². The number of nitrogens with zero attached hydrogens (tertiary/aromatic N) is 1. The standard InChI is InChI=1S/C22H30N4OS/c1-3-4-5-8-15(2)14-23-22(28)26-25-21(27)18-13-20(16-11-12-16)24-19-10-7-6-9-17(18)19/h6-7,9-10,13,15-16H,3-5,8,11-12,14H2,1-2H3,(H,25,27)(H2,23,26,28)/t15-/m1/s1. The van der Waals surface area contributed by atoms with E-state index in [0.717, 1.165) is 36.0 Å². The van der Waals surface area contributed by atoms with Gasteiger partial charge in [0.15, 0.2) is 5.11 Å². The largest absolute Gasteiger partial charge is 0.361 e. The number of para-hydroxylation sites is 1. The van der Waals surface area contributed by atoms with Crippen LogP contribution < -0.4 is 16.2 Å². The first-order chi connectivity index (χ1) is 13.6. The van der Waals surface area contributed by atoms with Crippen molar-refractivity contribution in [2.45, 2.75) is 58.3 Å². The van der Waals surface area contributed by atoms with Crippen molar-refractivity contribution in [3.05, 3.63) is 41.6 Å². The fraction of sp³-hybridized carbons (Fsp3) is 0.500. The zero-order valence-electron chi connectivity index (χ0n) is 16.8. The van der Waals surface area contributed by atoms with Crippen molar-refractivity contribution < 1.29 is 4.79 Å². The van der Waals surface area contributed by atoms with E-state index >= 15 is 0 Å². The molecule has 1 aromatic carbocycles. The molecule has 0 spiro atoms. The third-order valence-corrected chi connectivity index (χ3v) is 5.42. The minimum Gasteiger partial charge on any atom is -0.361 e. The maximum atomic E-state index is 12.8. The minimum absolute atomic E-state index is 0.194. The second kappa shape index (κ2) is 9.82. The average Bonchev–Trinajstić information content (AvgIpc) is 3.55. The number of pyridine rings is 1. The van der Waals surface area contributed by atoms with Crippen LogP contribution in [0.4, 0.5) is 0 Å². The Morgan fingerprint density at radius 3 is 2.79 bits per heavy atom. The van der Waals surface area contributed by atoms with E-state index in [4.69, 9.17) is 17.2 Å². The molecule has 1 amide bonds. The summed E-state index contributed by atoms with van der Waals surface area (Å²) in [5.74, 6) is 0.842. The molecule has 0 saturated heterocycles. The number of rotatable bonds is 8. The molecule has 0 radical (unpaired) electrons. The highest BCUT2D eigenvalue weighted by Crippen LogP contribution is 2.40. The summed E-state index contributed by atoms with van der Waals surface area (Å²) >= 11 is 5.30. The number of hydrogen-bond donors (Lipinski definition) is 3. The Kier molecular flexibility index (Phi) is 7.20. The Labute approximate surface area is 172 Å². The topological polar surface area (TPSA) is 66.0 Å². The van der Waals surface area contributed by atoms with E-state index in [0.29, 0.717) is 22.5 Å². The van der Waals surface area contributed by atoms with Gasteiger partial charge in [0.25, 0.3) is 5.91 Å². The molecule has 1 aromatic heterocycles. The molecule has 1 aliphatic carbocycles. The van der Waals surface area contributed by atoms with Crippen LogP contribution >= 0.6 is 12.2 Å². The quantitative estimate of drug-likeness (QED) is 0.349. The molecule has 150 valence electrons. The second-order valence-corrected chi connectivity index (χ2v) is 8.18. The van der Waals surface area contributed by atoms with Crippen LogP contribution in [-0.2, 0) is 0 Å². The predicted molar refractivity (Wildman–Crippen MR) is 118 cm³/mol. The molecule has 2 aromatic rings. The number of thiocarbonyl (C=S) groups is 1. The highest BCUT2D eigenvalue weighted by Gasteiger charge is 2.26. The Morgan fingerprint density at radius 1 is 1.25 bits per heavy atom. The molecule has 1 saturated carbocycles. The summed E-state index contributed by atoms with van der Waals surface area (Å²) in [6.45, 7) is 5.23. The molecule has 1 atom stereocenters. The number of fused-ring (bicyclic) bond motifs is 1. The van der Waals surface area contributed by atoms with Crippen LogP contribution in [0.25, 0.3) is 10.9 Å². The molecule has 0 aliphatic heterocycles. The lowest BCUT2D eigenvalue weighted by Crippen LogP contribution is -2.47. The number of nitrogens with one attached hydrogen (secondary N) is 3. The van der Waals surface area contributed by atoms with Gasteiger partial charge >= 0.3 is 0 Å². The Bertz CT molecular complexity index is 834. The van der Waals surface area contributed by atoms with Crippen LogP contribution in [0.1, 0.15) is 74.3 Å². The van der Waals surface area contributed by atoms with Crippen molar-refractivity contribution in [3.8, 4) is 0 Å². The third-order valence-electron chi connectivity index (χ3n) is 5.18. The van der Waals surface area contributed by atoms with Gasteiger partial charge in [0.1, 0.15) is 0 Å². The normalized spacial score (nSPS) is 14.5. The molecule has 28 heavy (non-hydrogen) atoms. The Hall–Kier alpha value is -2.21. The average molecular weight is 399 g/mol. The van der Waals surface area contributed by atoms with Crippen molar-refractivity contribution in [3.63, 3.8) is 0 Å². The first-order valence-corrected chi connectivity index (χ1v) is 10.7. The highest BCUT2D eigenvalue weighted by atomic mass is 32.1. The molecule has 3 N–H and O–H groups in total. The molecular weight excluding hydrogens is 368 g/mol. The smallest absolute Gasteiger partial charge is 0.270 e. The Balaban J connectivity index is 1.55. The van der Waals surface area contributed by atoms with Gasteiger partial charge in [0.05, 0.1) is 11.1 Å². The predicted octanol–water partition coefficient (Wildman–Crippen LogP) is 4.44. The van der Waals surface area contributed by atoms with Crippen LogP contribution in [-0.4, -0.2) is 22.5 Å². The number of hydrazine groups is 1. The van der Waals surface area contributed by atoms with E-state index in [1.54, 1.807) is 0 Å². The van der Waals surface area contributed by atoms with Crippen molar-refractivity contribution in [2.24, 2.45) is 5.92 Å². The zero-order valence-corrected chi connectivity index (χ0v) is 17.6. The van der Waals surface area contributed by atoms with Crippen LogP contribution in [0.15, 0.2) is 30.3 Å². The molecular formula is C22H30N4OS. The minimum atomic E-state index is -0.194. The SMILES string of the molecule is CCCCC[C@@H](C)CNC(=S)NNC(=O)c1cc(C2CC2)nc2ccccc12. The van der Waals surface area contributed by atoms with Gasteiger partial charge in [0.2, 0.25) is 0 Å². The van der Waals surface area contributed by atoms with Crippen LogP contribution in [0.3, 0.4) is 0 Å². The summed E-state index contributed by atoms with van der Waals surface area (Å²) in [6.07, 6.45) is 7.23. The fourth-order valence-electron chi connectivity index (χ4n) is 3.31. The van der Waals surface area contributed by atoms with Gasteiger partial charge in [-0.05, 0) is 49.5 Å². The van der Waals surface area contributed by atoms with E-state index in [1.807, 2.05) is 30.3 Å². The lowest BCUT2D eigenvalue weighted by atomic mass is 10.0. The lowest BCUT2D eigenvalue weighted by Gasteiger charge is -2.16. The van der Waals surface area contributed by atoms with Gasteiger partial charge in [-0.2, -0.15) is 0 Å². The van der Waals surface area contributed by atoms with Crippen molar-refractivity contribution >= 4 is 34.1 Å². The van der Waals surface area contributed by atoms with E-state index in [1.165, 1.54) is 25.7 Å².